The quantitative estimate of drug-likeness (QED) is 0.0461. The second-order valence-electron chi connectivity index (χ2n) is 16.0. The van der Waals surface area contributed by atoms with Gasteiger partial charge in [-0.15, -0.1) is 0 Å². The number of rotatable bonds is 42. The number of esters is 1. The van der Waals surface area contributed by atoms with Crippen LogP contribution in [0.2, 0.25) is 0 Å². The van der Waals surface area contributed by atoms with Crippen LogP contribution >= 0.6 is 0 Å². The molecule has 0 aromatic rings. The molecule has 0 N–H and O–H groups in total. The SMILES string of the molecule is CCCCCCCCCN(C)C(=O)CCCCCCCN(CCCCCCCC(=O)OC(CCCCCCCC)CCCCCCCC)CCOC. The molecule has 0 aromatic heterocycles. The molecule has 0 spiro atoms. The van der Waals surface area contributed by atoms with Crippen LogP contribution in [0, 0.1) is 0 Å². The second kappa shape index (κ2) is 41.0. The van der Waals surface area contributed by atoms with Gasteiger partial charge in [-0.1, -0.05) is 162 Å². The minimum absolute atomic E-state index is 0.0328. The van der Waals surface area contributed by atoms with Crippen LogP contribution in [0.5, 0.6) is 0 Å². The molecule has 52 heavy (non-hydrogen) atoms. The number of methoxy groups -OCH3 is 1. The Kier molecular flexibility index (Phi) is 40.1. The zero-order valence-corrected chi connectivity index (χ0v) is 36.0. The maximum atomic E-state index is 12.7. The van der Waals surface area contributed by atoms with Crippen LogP contribution in [-0.2, 0) is 19.1 Å². The Morgan fingerprint density at radius 1 is 0.462 bits per heavy atom. The minimum atomic E-state index is 0.0328. The lowest BCUT2D eigenvalue weighted by Crippen LogP contribution is -2.29. The second-order valence-corrected chi connectivity index (χ2v) is 16.0. The van der Waals surface area contributed by atoms with E-state index in [1.54, 1.807) is 7.11 Å². The highest BCUT2D eigenvalue weighted by Gasteiger charge is 2.14. The Hall–Kier alpha value is -1.14. The van der Waals surface area contributed by atoms with E-state index in [-0.39, 0.29) is 12.1 Å². The van der Waals surface area contributed by atoms with Crippen LogP contribution in [0.3, 0.4) is 0 Å². The van der Waals surface area contributed by atoms with Crippen molar-refractivity contribution in [3.8, 4) is 0 Å². The van der Waals surface area contributed by atoms with Gasteiger partial charge >= 0.3 is 5.97 Å². The Morgan fingerprint density at radius 3 is 1.31 bits per heavy atom. The first-order chi connectivity index (χ1) is 25.5. The Balaban J connectivity index is 4.08. The van der Waals surface area contributed by atoms with E-state index in [0.717, 1.165) is 77.7 Å². The summed E-state index contributed by atoms with van der Waals surface area (Å²) in [6.07, 6.45) is 39.6. The zero-order chi connectivity index (χ0) is 38.2. The first kappa shape index (κ1) is 50.9. The van der Waals surface area contributed by atoms with Gasteiger partial charge in [-0.25, -0.2) is 0 Å². The van der Waals surface area contributed by atoms with Gasteiger partial charge in [0.1, 0.15) is 6.10 Å². The van der Waals surface area contributed by atoms with E-state index in [2.05, 4.69) is 25.7 Å². The van der Waals surface area contributed by atoms with Crippen molar-refractivity contribution in [1.82, 2.24) is 9.80 Å². The molecule has 0 aromatic carbocycles. The molecule has 310 valence electrons. The van der Waals surface area contributed by atoms with Crippen molar-refractivity contribution in [2.75, 3.05) is 46.9 Å². The number of ether oxygens (including phenoxy) is 2. The van der Waals surface area contributed by atoms with Crippen LogP contribution in [0.4, 0.5) is 0 Å². The molecule has 0 saturated heterocycles. The lowest BCUT2D eigenvalue weighted by atomic mass is 10.0. The largest absolute Gasteiger partial charge is 0.462 e. The van der Waals surface area contributed by atoms with E-state index in [0.29, 0.717) is 18.7 Å². The highest BCUT2D eigenvalue weighted by molar-refractivity contribution is 5.75. The van der Waals surface area contributed by atoms with Crippen molar-refractivity contribution in [1.29, 1.82) is 0 Å². The molecule has 6 heteroatoms. The standard InChI is InChI=1S/C46H92N2O4/c1-6-9-12-15-18-25-32-39-47(4)45(49)37-30-23-19-26-33-40-48(42-43-51-5)41-34-27-20-24-31-38-46(50)52-44(35-28-21-16-13-10-7-2)36-29-22-17-14-11-8-3/h44H,6-43H2,1-5H3. The molecule has 0 atom stereocenters. The number of hydrogen-bond acceptors (Lipinski definition) is 5. The fraction of sp³-hybridized carbons (Fsp3) is 0.957. The van der Waals surface area contributed by atoms with Crippen molar-refractivity contribution < 1.29 is 19.1 Å². The lowest BCUT2D eigenvalue weighted by molar-refractivity contribution is -0.150. The summed E-state index contributed by atoms with van der Waals surface area (Å²) in [5.74, 6) is 0.355. The third-order valence-corrected chi connectivity index (χ3v) is 10.9. The van der Waals surface area contributed by atoms with Gasteiger partial charge in [0, 0.05) is 40.1 Å². The van der Waals surface area contributed by atoms with Gasteiger partial charge in [0.25, 0.3) is 0 Å². The summed E-state index contributed by atoms with van der Waals surface area (Å²) in [6.45, 7) is 11.8. The van der Waals surface area contributed by atoms with E-state index >= 15 is 0 Å². The molecule has 0 aliphatic rings. The van der Waals surface area contributed by atoms with E-state index in [1.807, 2.05) is 11.9 Å². The number of amides is 1. The van der Waals surface area contributed by atoms with E-state index in [4.69, 9.17) is 9.47 Å². The average Bonchev–Trinajstić information content (AvgIpc) is 3.14. The first-order valence-corrected chi connectivity index (χ1v) is 23.1. The lowest BCUT2D eigenvalue weighted by Gasteiger charge is -2.22. The number of carbonyl (C=O) groups excluding carboxylic acids is 2. The summed E-state index contributed by atoms with van der Waals surface area (Å²) in [7, 11) is 3.78. The summed E-state index contributed by atoms with van der Waals surface area (Å²) < 4.78 is 11.4. The fourth-order valence-electron chi connectivity index (χ4n) is 7.27. The molecule has 0 aliphatic heterocycles. The highest BCUT2D eigenvalue weighted by atomic mass is 16.5. The van der Waals surface area contributed by atoms with Crippen LogP contribution in [0.15, 0.2) is 0 Å². The Morgan fingerprint density at radius 2 is 0.846 bits per heavy atom. The van der Waals surface area contributed by atoms with Crippen molar-refractivity contribution in [3.05, 3.63) is 0 Å². The molecule has 0 aliphatic carbocycles. The van der Waals surface area contributed by atoms with Gasteiger partial charge in [0.05, 0.1) is 6.61 Å². The maximum Gasteiger partial charge on any atom is 0.306 e. The molecule has 0 radical (unpaired) electrons. The molecule has 0 fully saturated rings. The minimum Gasteiger partial charge on any atom is -0.462 e. The number of hydrogen-bond donors (Lipinski definition) is 0. The maximum absolute atomic E-state index is 12.7. The van der Waals surface area contributed by atoms with Crippen LogP contribution < -0.4 is 0 Å². The number of unbranched alkanes of at least 4 members (excludes halogenated alkanes) is 24. The molecule has 1 amide bonds. The Bertz CT molecular complexity index is 732. The average molecular weight is 737 g/mol. The van der Waals surface area contributed by atoms with E-state index < -0.39 is 0 Å². The van der Waals surface area contributed by atoms with Crippen molar-refractivity contribution in [3.63, 3.8) is 0 Å². The van der Waals surface area contributed by atoms with Crippen LogP contribution in [0.25, 0.3) is 0 Å². The number of nitrogens with zero attached hydrogens (tertiary/aromatic N) is 2. The van der Waals surface area contributed by atoms with Gasteiger partial charge in [0.2, 0.25) is 5.91 Å². The van der Waals surface area contributed by atoms with E-state index in [1.165, 1.54) is 154 Å². The van der Waals surface area contributed by atoms with Gasteiger partial charge in [0.15, 0.2) is 0 Å². The fourth-order valence-corrected chi connectivity index (χ4v) is 7.27. The molecule has 0 heterocycles. The topological polar surface area (TPSA) is 59.1 Å². The van der Waals surface area contributed by atoms with Gasteiger partial charge in [-0.2, -0.15) is 0 Å². The predicted octanol–water partition coefficient (Wildman–Crippen LogP) is 13.2. The molecular formula is C46H92N2O4. The van der Waals surface area contributed by atoms with Gasteiger partial charge in [-0.3, -0.25) is 9.59 Å². The molecule has 6 nitrogen and oxygen atoms in total. The molecular weight excluding hydrogens is 645 g/mol. The molecule has 0 bridgehead atoms. The summed E-state index contributed by atoms with van der Waals surface area (Å²) in [5, 5.41) is 0. The smallest absolute Gasteiger partial charge is 0.306 e. The van der Waals surface area contributed by atoms with Crippen LogP contribution in [0.1, 0.15) is 233 Å². The monoisotopic (exact) mass is 737 g/mol. The van der Waals surface area contributed by atoms with Gasteiger partial charge < -0.3 is 19.3 Å². The van der Waals surface area contributed by atoms with Crippen LogP contribution in [-0.4, -0.2) is 74.7 Å². The highest BCUT2D eigenvalue weighted by Crippen LogP contribution is 2.18. The Labute approximate surface area is 325 Å². The summed E-state index contributed by atoms with van der Waals surface area (Å²) in [6, 6.07) is 0. The third-order valence-electron chi connectivity index (χ3n) is 10.9. The summed E-state index contributed by atoms with van der Waals surface area (Å²) in [5.41, 5.74) is 0. The summed E-state index contributed by atoms with van der Waals surface area (Å²) >= 11 is 0. The molecule has 0 unspecified atom stereocenters. The predicted molar refractivity (Wildman–Crippen MR) is 225 cm³/mol. The normalized spacial score (nSPS) is 11.6. The molecule has 0 saturated carbocycles. The molecule has 0 rings (SSSR count). The first-order valence-electron chi connectivity index (χ1n) is 23.1. The number of carbonyl (C=O) groups is 2. The van der Waals surface area contributed by atoms with Gasteiger partial charge in [-0.05, 0) is 70.9 Å². The van der Waals surface area contributed by atoms with E-state index in [9.17, 15) is 9.59 Å². The van der Waals surface area contributed by atoms with Crippen molar-refractivity contribution >= 4 is 11.9 Å². The third kappa shape index (κ3) is 35.9. The zero-order valence-electron chi connectivity index (χ0n) is 36.0. The van der Waals surface area contributed by atoms with Crippen molar-refractivity contribution in [2.24, 2.45) is 0 Å². The summed E-state index contributed by atoms with van der Waals surface area (Å²) in [4.78, 5) is 29.8. The van der Waals surface area contributed by atoms with Crippen molar-refractivity contribution in [2.45, 2.75) is 239 Å².